The van der Waals surface area contributed by atoms with E-state index in [0.717, 1.165) is 50.9 Å². The molecule has 2 fully saturated rings. The van der Waals surface area contributed by atoms with E-state index in [-0.39, 0.29) is 11.4 Å². The van der Waals surface area contributed by atoms with Crippen LogP contribution < -0.4 is 0 Å². The fourth-order valence-electron chi connectivity index (χ4n) is 4.35. The molecule has 0 N–H and O–H groups in total. The number of aromatic nitrogens is 2. The summed E-state index contributed by atoms with van der Waals surface area (Å²) in [6.45, 7) is 6.72. The van der Waals surface area contributed by atoms with Gasteiger partial charge in [0.05, 0.1) is 0 Å². The van der Waals surface area contributed by atoms with Crippen LogP contribution in [-0.4, -0.2) is 56.8 Å². The smallest absolute Gasteiger partial charge is 0.223 e. The van der Waals surface area contributed by atoms with E-state index >= 15 is 0 Å². The number of hydrogen-bond acceptors (Lipinski definition) is 4. The fraction of sp³-hybridized carbons (Fsp3) is 0.700. The second-order valence-electron chi connectivity index (χ2n) is 8.10. The molecule has 6 nitrogen and oxygen atoms in total. The van der Waals surface area contributed by atoms with E-state index in [9.17, 15) is 9.59 Å². The van der Waals surface area contributed by atoms with Gasteiger partial charge in [-0.25, -0.2) is 9.97 Å². The van der Waals surface area contributed by atoms with Gasteiger partial charge in [0.1, 0.15) is 6.33 Å². The zero-order valence-electron chi connectivity index (χ0n) is 16.0. The van der Waals surface area contributed by atoms with Crippen molar-refractivity contribution in [2.24, 2.45) is 5.92 Å². The molecular formula is C20H30N4O2. The third-order valence-corrected chi connectivity index (χ3v) is 5.74. The number of aryl methyl sites for hydroxylation is 1. The third-order valence-electron chi connectivity index (χ3n) is 5.74. The molecule has 6 heteroatoms. The Kier molecular flexibility index (Phi) is 5.89. The van der Waals surface area contributed by atoms with Gasteiger partial charge in [0.2, 0.25) is 11.8 Å². The summed E-state index contributed by atoms with van der Waals surface area (Å²) in [6.07, 6.45) is 10.7. The minimum atomic E-state index is -0.0242. The first-order valence-corrected chi connectivity index (χ1v) is 9.82. The highest BCUT2D eigenvalue weighted by Gasteiger charge is 2.45. The van der Waals surface area contributed by atoms with Gasteiger partial charge < -0.3 is 9.80 Å². The SMILES string of the molecule is CC(C)CN1C(=O)CCC12CCCN(C(=O)CCc1cncnc1)CC2. The molecule has 1 atom stereocenters. The summed E-state index contributed by atoms with van der Waals surface area (Å²) in [5.41, 5.74) is 0.973. The Morgan fingerprint density at radius 1 is 1.19 bits per heavy atom. The van der Waals surface area contributed by atoms with E-state index in [1.807, 2.05) is 4.90 Å². The van der Waals surface area contributed by atoms with Crippen LogP contribution in [-0.2, 0) is 16.0 Å². The van der Waals surface area contributed by atoms with E-state index in [2.05, 4.69) is 28.7 Å². The Hall–Kier alpha value is -1.98. The number of carbonyl (C=O) groups is 2. The molecule has 1 unspecified atom stereocenters. The van der Waals surface area contributed by atoms with E-state index in [4.69, 9.17) is 0 Å². The van der Waals surface area contributed by atoms with Crippen molar-refractivity contribution in [3.63, 3.8) is 0 Å². The molecule has 26 heavy (non-hydrogen) atoms. The van der Waals surface area contributed by atoms with Gasteiger partial charge >= 0.3 is 0 Å². The summed E-state index contributed by atoms with van der Waals surface area (Å²) in [5, 5.41) is 0. The number of hydrogen-bond donors (Lipinski definition) is 0. The summed E-state index contributed by atoms with van der Waals surface area (Å²) < 4.78 is 0. The summed E-state index contributed by atoms with van der Waals surface area (Å²) in [4.78, 5) is 37.2. The van der Waals surface area contributed by atoms with Crippen molar-refractivity contribution in [1.82, 2.24) is 19.8 Å². The first-order valence-electron chi connectivity index (χ1n) is 9.82. The Balaban J connectivity index is 1.59. The first kappa shape index (κ1) is 18.8. The molecule has 1 aromatic heterocycles. The molecule has 0 radical (unpaired) electrons. The molecule has 0 bridgehead atoms. The molecule has 3 rings (SSSR count). The number of amides is 2. The molecular weight excluding hydrogens is 328 g/mol. The maximum absolute atomic E-state index is 12.7. The van der Waals surface area contributed by atoms with Gasteiger partial charge in [-0.05, 0) is 43.6 Å². The van der Waals surface area contributed by atoms with Crippen LogP contribution >= 0.6 is 0 Å². The number of likely N-dealkylation sites (tertiary alicyclic amines) is 2. The lowest BCUT2D eigenvalue weighted by Gasteiger charge is -2.39. The molecule has 1 spiro atoms. The van der Waals surface area contributed by atoms with Crippen LogP contribution in [0.1, 0.15) is 57.9 Å². The van der Waals surface area contributed by atoms with Crippen LogP contribution in [0, 0.1) is 5.92 Å². The zero-order valence-corrected chi connectivity index (χ0v) is 16.0. The lowest BCUT2D eigenvalue weighted by atomic mass is 9.87. The number of nitrogens with zero attached hydrogens (tertiary/aromatic N) is 4. The van der Waals surface area contributed by atoms with Crippen LogP contribution in [0.15, 0.2) is 18.7 Å². The van der Waals surface area contributed by atoms with Gasteiger partial charge in [-0.3, -0.25) is 9.59 Å². The minimum Gasteiger partial charge on any atom is -0.343 e. The van der Waals surface area contributed by atoms with E-state index in [0.29, 0.717) is 31.1 Å². The fourth-order valence-corrected chi connectivity index (χ4v) is 4.35. The Labute approximate surface area is 156 Å². The Bertz CT molecular complexity index is 634. The van der Waals surface area contributed by atoms with Crippen molar-refractivity contribution in [2.75, 3.05) is 19.6 Å². The highest BCUT2D eigenvalue weighted by Crippen LogP contribution is 2.39. The van der Waals surface area contributed by atoms with Crippen molar-refractivity contribution in [2.45, 2.75) is 64.3 Å². The van der Waals surface area contributed by atoms with Crippen molar-refractivity contribution in [3.05, 3.63) is 24.3 Å². The van der Waals surface area contributed by atoms with Crippen molar-refractivity contribution in [1.29, 1.82) is 0 Å². The van der Waals surface area contributed by atoms with Gasteiger partial charge in [0, 0.05) is 50.4 Å². The molecule has 0 aliphatic carbocycles. The molecule has 1 aromatic rings. The van der Waals surface area contributed by atoms with Gasteiger partial charge in [0.25, 0.3) is 0 Å². The normalized spacial score (nSPS) is 23.7. The summed E-state index contributed by atoms with van der Waals surface area (Å²) in [5.74, 6) is 0.969. The Morgan fingerprint density at radius 3 is 2.69 bits per heavy atom. The second-order valence-corrected chi connectivity index (χ2v) is 8.10. The molecule has 142 valence electrons. The van der Waals surface area contributed by atoms with Crippen molar-refractivity contribution >= 4 is 11.8 Å². The highest BCUT2D eigenvalue weighted by atomic mass is 16.2. The first-order chi connectivity index (χ1) is 12.5. The van der Waals surface area contributed by atoms with Gasteiger partial charge in [-0.2, -0.15) is 0 Å². The lowest BCUT2D eigenvalue weighted by Crippen LogP contribution is -2.48. The molecule has 2 saturated heterocycles. The third kappa shape index (κ3) is 4.22. The quantitative estimate of drug-likeness (QED) is 0.811. The summed E-state index contributed by atoms with van der Waals surface area (Å²) in [6, 6.07) is 0. The molecule has 3 heterocycles. The Morgan fingerprint density at radius 2 is 1.96 bits per heavy atom. The van der Waals surface area contributed by atoms with Gasteiger partial charge in [0.15, 0.2) is 0 Å². The monoisotopic (exact) mass is 358 g/mol. The molecule has 2 aliphatic heterocycles. The topological polar surface area (TPSA) is 66.4 Å². The molecule has 2 aliphatic rings. The standard InChI is InChI=1S/C20H30N4O2/c1-16(2)14-24-19(26)6-8-20(24)7-3-10-23(11-9-20)18(25)5-4-17-12-21-15-22-13-17/h12-13,15-16H,3-11,14H2,1-2H3. The highest BCUT2D eigenvalue weighted by molar-refractivity contribution is 5.80. The predicted molar refractivity (Wildman–Crippen MR) is 99.3 cm³/mol. The van der Waals surface area contributed by atoms with Crippen molar-refractivity contribution in [3.8, 4) is 0 Å². The maximum Gasteiger partial charge on any atom is 0.223 e. The summed E-state index contributed by atoms with van der Waals surface area (Å²) >= 11 is 0. The lowest BCUT2D eigenvalue weighted by molar-refractivity contribution is -0.132. The largest absolute Gasteiger partial charge is 0.343 e. The van der Waals surface area contributed by atoms with Crippen LogP contribution in [0.4, 0.5) is 0 Å². The minimum absolute atomic E-state index is 0.0242. The van der Waals surface area contributed by atoms with Gasteiger partial charge in [-0.1, -0.05) is 13.8 Å². The number of carbonyl (C=O) groups excluding carboxylic acids is 2. The average Bonchev–Trinajstić information content (AvgIpc) is 2.82. The average molecular weight is 358 g/mol. The second kappa shape index (κ2) is 8.14. The van der Waals surface area contributed by atoms with E-state index in [1.165, 1.54) is 6.33 Å². The molecule has 0 saturated carbocycles. The maximum atomic E-state index is 12.7. The number of rotatable bonds is 5. The predicted octanol–water partition coefficient (Wildman–Crippen LogP) is 2.44. The van der Waals surface area contributed by atoms with Crippen LogP contribution in [0.5, 0.6) is 0 Å². The van der Waals surface area contributed by atoms with Crippen LogP contribution in [0.25, 0.3) is 0 Å². The van der Waals surface area contributed by atoms with Gasteiger partial charge in [-0.15, -0.1) is 0 Å². The van der Waals surface area contributed by atoms with E-state index in [1.54, 1.807) is 12.4 Å². The van der Waals surface area contributed by atoms with Crippen molar-refractivity contribution < 1.29 is 9.59 Å². The molecule has 2 amide bonds. The van der Waals surface area contributed by atoms with E-state index < -0.39 is 0 Å². The molecule has 0 aromatic carbocycles. The van der Waals surface area contributed by atoms with Crippen LogP contribution in [0.3, 0.4) is 0 Å². The zero-order chi connectivity index (χ0) is 18.6. The van der Waals surface area contributed by atoms with Crippen LogP contribution in [0.2, 0.25) is 0 Å². The summed E-state index contributed by atoms with van der Waals surface area (Å²) in [7, 11) is 0.